The maximum Gasteiger partial charge on any atom is 0.326 e. The van der Waals surface area contributed by atoms with Crippen LogP contribution in [-0.2, 0) is 27.2 Å². The summed E-state index contributed by atoms with van der Waals surface area (Å²) in [6.45, 7) is 0.869. The van der Waals surface area contributed by atoms with Crippen molar-refractivity contribution >= 4 is 17.7 Å². The molecule has 8 nitrogen and oxygen atoms in total. The molecule has 1 aliphatic heterocycles. The minimum absolute atomic E-state index is 0.137. The molecule has 1 saturated carbocycles. The summed E-state index contributed by atoms with van der Waals surface area (Å²) in [5.41, 5.74) is 3.08. The molecule has 4 rings (SSSR count). The molecule has 188 valence electrons. The minimum Gasteiger partial charge on any atom is -0.480 e. The van der Waals surface area contributed by atoms with Crippen molar-refractivity contribution in [1.82, 2.24) is 10.3 Å². The van der Waals surface area contributed by atoms with E-state index in [0.29, 0.717) is 11.5 Å². The highest BCUT2D eigenvalue weighted by Gasteiger charge is 2.31. The number of pyridine rings is 1. The lowest BCUT2D eigenvalue weighted by Gasteiger charge is -2.35. The fourth-order valence-corrected chi connectivity index (χ4v) is 4.81. The number of aromatic nitrogens is 1. The number of aryl methyl sites for hydroxylation is 2. The van der Waals surface area contributed by atoms with E-state index in [1.54, 1.807) is 24.3 Å². The number of aliphatic hydroxyl groups is 1. The summed E-state index contributed by atoms with van der Waals surface area (Å²) in [4.78, 5) is 29.0. The summed E-state index contributed by atoms with van der Waals surface area (Å²) in [6.07, 6.45) is 6.53. The van der Waals surface area contributed by atoms with Gasteiger partial charge in [-0.05, 0) is 61.6 Å². The van der Waals surface area contributed by atoms with Gasteiger partial charge in [-0.3, -0.25) is 4.79 Å². The van der Waals surface area contributed by atoms with Crippen LogP contribution < -0.4 is 10.6 Å². The van der Waals surface area contributed by atoms with Crippen LogP contribution in [0.2, 0.25) is 0 Å². The van der Waals surface area contributed by atoms with Crippen molar-refractivity contribution in [3.8, 4) is 0 Å². The Labute approximate surface area is 206 Å². The summed E-state index contributed by atoms with van der Waals surface area (Å²) in [7, 11) is 0. The number of aliphatic hydroxyl groups excluding tert-OH is 1. The molecule has 8 heteroatoms. The number of carbonyl (C=O) groups excluding carboxylic acids is 1. The van der Waals surface area contributed by atoms with Crippen LogP contribution >= 0.6 is 0 Å². The number of ether oxygens (including phenoxy) is 1. The first-order chi connectivity index (χ1) is 17.0. The topological polar surface area (TPSA) is 121 Å². The molecule has 1 aromatic carbocycles. The molecule has 2 atom stereocenters. The summed E-state index contributed by atoms with van der Waals surface area (Å²) < 4.78 is 5.88. The maximum absolute atomic E-state index is 12.6. The molecule has 0 bridgehead atoms. The highest BCUT2D eigenvalue weighted by Crippen LogP contribution is 2.34. The van der Waals surface area contributed by atoms with Crippen LogP contribution in [0, 0.1) is 5.92 Å². The van der Waals surface area contributed by atoms with Gasteiger partial charge in [0, 0.05) is 25.3 Å². The van der Waals surface area contributed by atoms with Crippen LogP contribution in [-0.4, -0.2) is 59.0 Å². The van der Waals surface area contributed by atoms with Crippen molar-refractivity contribution < 1.29 is 24.5 Å². The average molecular weight is 482 g/mol. The number of fused-ring (bicyclic) bond motifs is 1. The van der Waals surface area contributed by atoms with Crippen LogP contribution in [0.4, 0.5) is 5.82 Å². The normalized spacial score (nSPS) is 20.6. The molecule has 0 spiro atoms. The van der Waals surface area contributed by atoms with Crippen molar-refractivity contribution in [2.75, 3.05) is 25.1 Å². The van der Waals surface area contributed by atoms with Gasteiger partial charge in [0.1, 0.15) is 11.9 Å². The van der Waals surface area contributed by atoms with Crippen molar-refractivity contribution in [2.24, 2.45) is 5.92 Å². The third-order valence-electron chi connectivity index (χ3n) is 7.03. The summed E-state index contributed by atoms with van der Waals surface area (Å²) >= 11 is 0. The Bertz CT molecular complexity index is 994. The smallest absolute Gasteiger partial charge is 0.326 e. The number of nitrogens with one attached hydrogen (secondary N) is 2. The van der Waals surface area contributed by atoms with Gasteiger partial charge in [0.15, 0.2) is 0 Å². The van der Waals surface area contributed by atoms with E-state index in [1.807, 2.05) is 6.07 Å². The van der Waals surface area contributed by atoms with Gasteiger partial charge in [-0.15, -0.1) is 0 Å². The van der Waals surface area contributed by atoms with E-state index in [-0.39, 0.29) is 25.7 Å². The third kappa shape index (κ3) is 6.80. The Morgan fingerprint density at radius 2 is 1.97 bits per heavy atom. The molecule has 2 aromatic rings. The zero-order valence-electron chi connectivity index (χ0n) is 20.0. The van der Waals surface area contributed by atoms with Gasteiger partial charge < -0.3 is 25.6 Å². The Morgan fingerprint density at radius 1 is 1.17 bits per heavy atom. The zero-order valence-corrected chi connectivity index (χ0v) is 20.0. The van der Waals surface area contributed by atoms with Gasteiger partial charge in [0.2, 0.25) is 5.91 Å². The van der Waals surface area contributed by atoms with E-state index in [1.165, 1.54) is 5.56 Å². The van der Waals surface area contributed by atoms with Gasteiger partial charge >= 0.3 is 5.97 Å². The Balaban J connectivity index is 1.15. The predicted octanol–water partition coefficient (Wildman–Crippen LogP) is 2.90. The number of hydrogen-bond acceptors (Lipinski definition) is 6. The van der Waals surface area contributed by atoms with Gasteiger partial charge in [-0.1, -0.05) is 36.4 Å². The van der Waals surface area contributed by atoms with Crippen LogP contribution in [0.25, 0.3) is 0 Å². The molecule has 0 unspecified atom stereocenters. The Hall–Kier alpha value is -2.97. The molecule has 0 saturated heterocycles. The van der Waals surface area contributed by atoms with Crippen molar-refractivity contribution in [3.63, 3.8) is 0 Å². The molecule has 2 heterocycles. The van der Waals surface area contributed by atoms with Crippen LogP contribution in [0.15, 0.2) is 42.5 Å². The highest BCUT2D eigenvalue weighted by atomic mass is 16.5. The van der Waals surface area contributed by atoms with Crippen LogP contribution in [0.5, 0.6) is 0 Å². The quantitative estimate of drug-likeness (QED) is 0.368. The lowest BCUT2D eigenvalue weighted by molar-refractivity contribution is -0.143. The molecule has 1 amide bonds. The Kier molecular flexibility index (Phi) is 8.71. The van der Waals surface area contributed by atoms with Crippen molar-refractivity contribution in [1.29, 1.82) is 0 Å². The van der Waals surface area contributed by atoms with Crippen LogP contribution in [0.3, 0.4) is 0 Å². The molecular weight excluding hydrogens is 446 g/mol. The number of carboxylic acids is 1. The largest absolute Gasteiger partial charge is 0.480 e. The highest BCUT2D eigenvalue weighted by molar-refractivity contribution is 5.88. The second-order valence-electron chi connectivity index (χ2n) is 9.54. The SMILES string of the molecule is O=C(O)[C@H](CCOC1CC(CCc2ccc3c(n2)NCCC3)C1)NC(=O)[C@H](CO)c1ccccc1. The van der Waals surface area contributed by atoms with Crippen molar-refractivity contribution in [2.45, 2.75) is 63.0 Å². The number of anilines is 1. The second kappa shape index (κ2) is 12.1. The fraction of sp³-hybridized carbons (Fsp3) is 0.519. The van der Waals surface area contributed by atoms with Gasteiger partial charge in [0.05, 0.1) is 18.6 Å². The number of rotatable bonds is 12. The summed E-state index contributed by atoms with van der Waals surface area (Å²) in [6, 6.07) is 12.1. The van der Waals surface area contributed by atoms with E-state index in [9.17, 15) is 19.8 Å². The first kappa shape index (κ1) is 25.1. The number of carbonyl (C=O) groups is 2. The monoisotopic (exact) mass is 481 g/mol. The van der Waals surface area contributed by atoms with Crippen molar-refractivity contribution in [3.05, 3.63) is 59.3 Å². The molecule has 1 aromatic heterocycles. The van der Waals surface area contributed by atoms with Gasteiger partial charge in [0.25, 0.3) is 0 Å². The fourth-order valence-electron chi connectivity index (χ4n) is 4.81. The predicted molar refractivity (Wildman–Crippen MR) is 132 cm³/mol. The summed E-state index contributed by atoms with van der Waals surface area (Å²) in [5, 5.41) is 25.1. The number of hydrogen-bond donors (Lipinski definition) is 4. The lowest BCUT2D eigenvalue weighted by Crippen LogP contribution is -2.44. The van der Waals surface area contributed by atoms with E-state index < -0.39 is 23.8 Å². The number of benzene rings is 1. The molecule has 35 heavy (non-hydrogen) atoms. The van der Waals surface area contributed by atoms with E-state index in [0.717, 1.165) is 56.6 Å². The molecule has 1 aliphatic carbocycles. The average Bonchev–Trinajstić information content (AvgIpc) is 2.85. The maximum atomic E-state index is 12.6. The van der Waals surface area contributed by atoms with Gasteiger partial charge in [-0.25, -0.2) is 9.78 Å². The number of carboxylic acid groups (broad SMARTS) is 1. The first-order valence-corrected chi connectivity index (χ1v) is 12.6. The lowest BCUT2D eigenvalue weighted by atomic mass is 9.79. The molecule has 4 N–H and O–H groups in total. The van der Waals surface area contributed by atoms with Crippen LogP contribution in [0.1, 0.15) is 54.8 Å². The van der Waals surface area contributed by atoms with E-state index >= 15 is 0 Å². The van der Waals surface area contributed by atoms with Gasteiger partial charge in [-0.2, -0.15) is 0 Å². The Morgan fingerprint density at radius 3 is 2.71 bits per heavy atom. The number of nitrogens with zero attached hydrogens (tertiary/aromatic N) is 1. The first-order valence-electron chi connectivity index (χ1n) is 12.6. The number of aliphatic carboxylic acids is 1. The molecule has 1 fully saturated rings. The molecular formula is C27H35N3O5. The summed E-state index contributed by atoms with van der Waals surface area (Å²) in [5.74, 6) is -0.771. The third-order valence-corrected chi connectivity index (χ3v) is 7.03. The standard InChI is InChI=1S/C27H35N3O5/c31-17-23(19-5-2-1-3-6-19)26(32)30-24(27(33)34)12-14-35-22-15-18(16-22)8-10-21-11-9-20-7-4-13-28-25(20)29-21/h1-3,5-6,9,11,18,22-24,31H,4,7-8,10,12-17H2,(H,28,29)(H,30,32)(H,33,34)/t18?,22?,23-,24+/m1/s1. The minimum atomic E-state index is -1.11. The molecule has 2 aliphatic rings. The van der Waals surface area contributed by atoms with E-state index in [4.69, 9.17) is 9.72 Å². The number of amides is 1. The molecule has 0 radical (unpaired) electrons. The van der Waals surface area contributed by atoms with E-state index in [2.05, 4.69) is 22.8 Å². The second-order valence-corrected chi connectivity index (χ2v) is 9.54. The zero-order chi connectivity index (χ0) is 24.6.